The van der Waals surface area contributed by atoms with Crippen molar-refractivity contribution in [1.29, 1.82) is 0 Å². The molecule has 4 nitrogen and oxygen atoms in total. The molecule has 0 unspecified atom stereocenters. The first-order valence-electron chi connectivity index (χ1n) is 7.63. The van der Waals surface area contributed by atoms with Gasteiger partial charge in [-0.3, -0.25) is 9.59 Å². The summed E-state index contributed by atoms with van der Waals surface area (Å²) in [5.74, 6) is -1.19. The molecule has 2 amide bonds. The fourth-order valence-electron chi connectivity index (χ4n) is 2.20. The summed E-state index contributed by atoms with van der Waals surface area (Å²) in [6.07, 6.45) is -3.68. The molecular weight excluding hydrogens is 345 g/mol. The lowest BCUT2D eigenvalue weighted by molar-refractivity contribution is -0.137. The third-order valence-corrected chi connectivity index (χ3v) is 3.45. The van der Waals surface area contributed by atoms with Gasteiger partial charge in [0.15, 0.2) is 0 Å². The van der Waals surface area contributed by atoms with Crippen molar-refractivity contribution in [2.45, 2.75) is 39.3 Å². The Bertz CT molecular complexity index is 585. The summed E-state index contributed by atoms with van der Waals surface area (Å²) in [7, 11) is 0. The number of nitrogens with one attached hydrogen (secondary N) is 1. The van der Waals surface area contributed by atoms with Crippen molar-refractivity contribution in [3.8, 4) is 0 Å². The van der Waals surface area contributed by atoms with Gasteiger partial charge in [0.05, 0.1) is 11.3 Å². The molecule has 1 rings (SSSR count). The molecule has 1 N–H and O–H groups in total. The largest absolute Gasteiger partial charge is 0.418 e. The van der Waals surface area contributed by atoms with Gasteiger partial charge < -0.3 is 10.2 Å². The summed E-state index contributed by atoms with van der Waals surface area (Å²) in [4.78, 5) is 25.6. The highest BCUT2D eigenvalue weighted by atomic mass is 35.5. The van der Waals surface area contributed by atoms with Crippen LogP contribution in [-0.4, -0.2) is 29.8 Å². The van der Waals surface area contributed by atoms with Gasteiger partial charge in [0, 0.05) is 18.1 Å². The molecule has 0 aromatic heterocycles. The first-order valence-corrected chi connectivity index (χ1v) is 8.01. The van der Waals surface area contributed by atoms with Crippen LogP contribution in [0.1, 0.15) is 38.7 Å². The van der Waals surface area contributed by atoms with Crippen LogP contribution in [0.15, 0.2) is 18.2 Å². The minimum Gasteiger partial charge on any atom is -0.342 e. The van der Waals surface area contributed by atoms with E-state index in [-0.39, 0.29) is 5.02 Å². The van der Waals surface area contributed by atoms with E-state index < -0.39 is 35.7 Å². The Morgan fingerprint density at radius 3 is 2.25 bits per heavy atom. The molecule has 8 heteroatoms. The second-order valence-corrected chi connectivity index (χ2v) is 5.73. The minimum atomic E-state index is -4.66. The van der Waals surface area contributed by atoms with Gasteiger partial charge >= 0.3 is 6.18 Å². The Kier molecular flexibility index (Phi) is 7.54. The highest BCUT2D eigenvalue weighted by molar-refractivity contribution is 6.30. The van der Waals surface area contributed by atoms with Crippen LogP contribution in [-0.2, 0) is 15.8 Å². The van der Waals surface area contributed by atoms with E-state index in [4.69, 9.17) is 11.6 Å². The average Bonchev–Trinajstić information content (AvgIpc) is 2.47. The van der Waals surface area contributed by atoms with Crippen molar-refractivity contribution < 1.29 is 22.8 Å². The van der Waals surface area contributed by atoms with Gasteiger partial charge in [-0.2, -0.15) is 13.2 Å². The number of carbonyl (C=O) groups is 2. The van der Waals surface area contributed by atoms with Crippen LogP contribution < -0.4 is 5.32 Å². The number of anilines is 1. The highest BCUT2D eigenvalue weighted by Crippen LogP contribution is 2.36. The maximum atomic E-state index is 13.0. The summed E-state index contributed by atoms with van der Waals surface area (Å²) in [6.45, 7) is 4.82. The molecule has 0 atom stereocenters. The Hall–Kier alpha value is -1.76. The normalized spacial score (nSPS) is 11.2. The second-order valence-electron chi connectivity index (χ2n) is 5.29. The first kappa shape index (κ1) is 20.3. The Morgan fingerprint density at radius 2 is 1.75 bits per heavy atom. The number of nitrogens with zero attached hydrogens (tertiary/aromatic N) is 1. The van der Waals surface area contributed by atoms with Crippen LogP contribution in [0.3, 0.4) is 0 Å². The molecule has 1 aromatic carbocycles. The maximum absolute atomic E-state index is 13.0. The van der Waals surface area contributed by atoms with Crippen LogP contribution in [0.5, 0.6) is 0 Å². The van der Waals surface area contributed by atoms with E-state index in [0.717, 1.165) is 25.0 Å². The number of rotatable bonds is 7. The maximum Gasteiger partial charge on any atom is 0.418 e. The number of halogens is 4. The molecule has 0 saturated heterocycles. The monoisotopic (exact) mass is 364 g/mol. The summed E-state index contributed by atoms with van der Waals surface area (Å²) in [5, 5.41) is 2.06. The third-order valence-electron chi connectivity index (χ3n) is 3.21. The van der Waals surface area contributed by atoms with Crippen molar-refractivity contribution in [1.82, 2.24) is 4.90 Å². The molecule has 134 valence electrons. The first-order chi connectivity index (χ1) is 11.2. The number of alkyl halides is 3. The lowest BCUT2D eigenvalue weighted by Gasteiger charge is -2.21. The van der Waals surface area contributed by atoms with Crippen LogP contribution in [0, 0.1) is 0 Å². The van der Waals surface area contributed by atoms with E-state index in [9.17, 15) is 22.8 Å². The van der Waals surface area contributed by atoms with Crippen molar-refractivity contribution in [3.05, 3.63) is 28.8 Å². The number of benzene rings is 1. The van der Waals surface area contributed by atoms with Crippen molar-refractivity contribution in [2.75, 3.05) is 18.4 Å². The number of carbonyl (C=O) groups excluding carboxylic acids is 2. The molecule has 0 bridgehead atoms. The van der Waals surface area contributed by atoms with Gasteiger partial charge in [-0.25, -0.2) is 0 Å². The van der Waals surface area contributed by atoms with Crippen LogP contribution in [0.4, 0.5) is 18.9 Å². The van der Waals surface area contributed by atoms with Gasteiger partial charge in [-0.05, 0) is 31.0 Å². The summed E-state index contributed by atoms with van der Waals surface area (Å²) in [6, 6.07) is 3.05. The SMILES string of the molecule is CCCN(CCC)C(=O)CC(=O)Nc1ccc(Cl)cc1C(F)(F)F. The third kappa shape index (κ3) is 6.03. The standard InChI is InChI=1S/C16H20ClF3N2O2/c1-3-7-22(8-4-2)15(24)10-14(23)21-13-6-5-11(17)9-12(13)16(18,19)20/h5-6,9H,3-4,7-8,10H2,1-2H3,(H,21,23). The predicted molar refractivity (Wildman–Crippen MR) is 86.9 cm³/mol. The van der Waals surface area contributed by atoms with Crippen molar-refractivity contribution in [2.24, 2.45) is 0 Å². The topological polar surface area (TPSA) is 49.4 Å². The lowest BCUT2D eigenvalue weighted by Crippen LogP contribution is -2.35. The van der Waals surface area contributed by atoms with E-state index in [1.165, 1.54) is 11.0 Å². The van der Waals surface area contributed by atoms with Gasteiger partial charge in [0.2, 0.25) is 11.8 Å². The number of hydrogen-bond acceptors (Lipinski definition) is 2. The van der Waals surface area contributed by atoms with E-state index in [0.29, 0.717) is 13.1 Å². The second kappa shape index (κ2) is 8.92. The van der Waals surface area contributed by atoms with Gasteiger partial charge in [0.25, 0.3) is 0 Å². The Balaban J connectivity index is 2.83. The van der Waals surface area contributed by atoms with Gasteiger partial charge in [-0.1, -0.05) is 25.4 Å². The molecule has 0 radical (unpaired) electrons. The fourth-order valence-corrected chi connectivity index (χ4v) is 2.38. The zero-order valence-corrected chi connectivity index (χ0v) is 14.3. The highest BCUT2D eigenvalue weighted by Gasteiger charge is 2.34. The molecule has 0 aliphatic rings. The molecule has 0 fully saturated rings. The summed E-state index contributed by atoms with van der Waals surface area (Å²) >= 11 is 5.58. The molecule has 0 aliphatic carbocycles. The molecule has 24 heavy (non-hydrogen) atoms. The molecule has 1 aromatic rings. The molecule has 0 saturated carbocycles. The van der Waals surface area contributed by atoms with Crippen LogP contribution in [0.2, 0.25) is 5.02 Å². The Morgan fingerprint density at radius 1 is 1.17 bits per heavy atom. The smallest absolute Gasteiger partial charge is 0.342 e. The number of hydrogen-bond donors (Lipinski definition) is 1. The van der Waals surface area contributed by atoms with E-state index in [1.807, 2.05) is 13.8 Å². The zero-order valence-electron chi connectivity index (χ0n) is 13.5. The minimum absolute atomic E-state index is 0.0894. The summed E-state index contributed by atoms with van der Waals surface area (Å²) < 4.78 is 39.0. The van der Waals surface area contributed by atoms with E-state index in [1.54, 1.807) is 0 Å². The average molecular weight is 365 g/mol. The quantitative estimate of drug-likeness (QED) is 0.732. The molecule has 0 aliphatic heterocycles. The van der Waals surface area contributed by atoms with Crippen LogP contribution >= 0.6 is 11.6 Å². The fraction of sp³-hybridized carbons (Fsp3) is 0.500. The molecule has 0 heterocycles. The molecule has 0 spiro atoms. The predicted octanol–water partition coefficient (Wildman–Crippen LogP) is 4.34. The Labute approximate surface area is 144 Å². The number of amides is 2. The molecular formula is C16H20ClF3N2O2. The summed E-state index contributed by atoms with van der Waals surface area (Å²) in [5.41, 5.74) is -1.46. The van der Waals surface area contributed by atoms with Gasteiger partial charge in [0.1, 0.15) is 6.42 Å². The van der Waals surface area contributed by atoms with Crippen molar-refractivity contribution >= 4 is 29.1 Å². The zero-order chi connectivity index (χ0) is 18.3. The van der Waals surface area contributed by atoms with Gasteiger partial charge in [-0.15, -0.1) is 0 Å². The van der Waals surface area contributed by atoms with E-state index >= 15 is 0 Å². The van der Waals surface area contributed by atoms with Crippen LogP contribution in [0.25, 0.3) is 0 Å². The lowest BCUT2D eigenvalue weighted by atomic mass is 10.1. The van der Waals surface area contributed by atoms with E-state index in [2.05, 4.69) is 5.32 Å². The van der Waals surface area contributed by atoms with Crippen molar-refractivity contribution in [3.63, 3.8) is 0 Å².